The number of amides is 1. The predicted molar refractivity (Wildman–Crippen MR) is 130 cm³/mol. The average Bonchev–Trinajstić information content (AvgIpc) is 2.77. The second-order valence-corrected chi connectivity index (χ2v) is 11.5. The summed E-state index contributed by atoms with van der Waals surface area (Å²) in [5.74, 6) is 1.27. The summed E-state index contributed by atoms with van der Waals surface area (Å²) in [6.07, 6.45) is 21.3. The third-order valence-electron chi connectivity index (χ3n) is 9.37. The highest BCUT2D eigenvalue weighted by molar-refractivity contribution is 5.76. The summed E-state index contributed by atoms with van der Waals surface area (Å²) in [5, 5.41) is 9.22. The molecular formula is C28H42N2O3. The van der Waals surface area contributed by atoms with E-state index in [1.54, 1.807) is 6.92 Å². The topological polar surface area (TPSA) is 60.9 Å². The third kappa shape index (κ3) is 4.94. The number of carboxylic acids is 1. The Kier molecular flexibility index (Phi) is 6.96. The van der Waals surface area contributed by atoms with E-state index in [-0.39, 0.29) is 18.4 Å². The van der Waals surface area contributed by atoms with Crippen LogP contribution < -0.4 is 0 Å². The summed E-state index contributed by atoms with van der Waals surface area (Å²) < 4.78 is 0. The van der Waals surface area contributed by atoms with E-state index in [2.05, 4.69) is 22.0 Å². The molecule has 5 nitrogen and oxygen atoms in total. The molecule has 4 fully saturated rings. The number of aliphatic carboxylic acids is 1. The van der Waals surface area contributed by atoms with Crippen LogP contribution in [0.1, 0.15) is 103 Å². The Bertz CT molecular complexity index is 792. The lowest BCUT2D eigenvalue weighted by Gasteiger charge is -2.56. The standard InChI is InChI=1S/C28H42N2O3/c1-19(31)29(27-11-3-2-8-22(27)12-13-28(32)33)26-17-23-9-5-10-24(18-26)30(23)25-15-20-6-4-7-21(14-20)16-25/h2,8,20-21,23-26H,3-7,9-18H2,1H3,(H,32,33). The van der Waals surface area contributed by atoms with Crippen molar-refractivity contribution < 1.29 is 14.7 Å². The molecule has 2 aliphatic heterocycles. The van der Waals surface area contributed by atoms with Gasteiger partial charge in [-0.2, -0.15) is 0 Å². The van der Waals surface area contributed by atoms with E-state index in [0.717, 1.165) is 54.8 Å². The summed E-state index contributed by atoms with van der Waals surface area (Å²) in [6, 6.07) is 2.24. The molecule has 33 heavy (non-hydrogen) atoms. The normalized spacial score (nSPS) is 36.5. The number of rotatable bonds is 6. The number of carboxylic acid groups (broad SMARTS) is 1. The maximum Gasteiger partial charge on any atom is 0.303 e. The number of piperidine rings is 2. The molecule has 0 radical (unpaired) electrons. The van der Waals surface area contributed by atoms with Crippen LogP contribution in [0.4, 0.5) is 0 Å². The second-order valence-electron chi connectivity index (χ2n) is 11.5. The van der Waals surface area contributed by atoms with Gasteiger partial charge in [0, 0.05) is 43.2 Å². The number of fused-ring (bicyclic) bond motifs is 4. The van der Waals surface area contributed by atoms with Crippen LogP contribution in [-0.4, -0.2) is 51.0 Å². The fraction of sp³-hybridized carbons (Fsp3) is 0.786. The van der Waals surface area contributed by atoms with Gasteiger partial charge in [0.05, 0.1) is 0 Å². The van der Waals surface area contributed by atoms with Crippen molar-refractivity contribution in [2.45, 2.75) is 127 Å². The Hall–Kier alpha value is -1.62. The first-order chi connectivity index (χ1) is 16.0. The fourth-order valence-corrected chi connectivity index (χ4v) is 8.25. The summed E-state index contributed by atoms with van der Waals surface area (Å²) in [4.78, 5) is 29.3. The molecule has 2 saturated heterocycles. The van der Waals surface area contributed by atoms with Gasteiger partial charge in [0.2, 0.25) is 5.91 Å². The molecule has 5 rings (SSSR count). The van der Waals surface area contributed by atoms with Crippen molar-refractivity contribution in [2.24, 2.45) is 11.8 Å². The van der Waals surface area contributed by atoms with Crippen molar-refractivity contribution >= 4 is 11.9 Å². The lowest BCUT2D eigenvalue weighted by Crippen LogP contribution is -2.61. The van der Waals surface area contributed by atoms with E-state index in [0.29, 0.717) is 18.5 Å². The minimum absolute atomic E-state index is 0.128. The Labute approximate surface area is 199 Å². The maximum absolute atomic E-state index is 13.0. The minimum Gasteiger partial charge on any atom is -0.481 e. The highest BCUT2D eigenvalue weighted by Crippen LogP contribution is 2.47. The average molecular weight is 455 g/mol. The van der Waals surface area contributed by atoms with Crippen molar-refractivity contribution in [1.82, 2.24) is 9.80 Å². The van der Waals surface area contributed by atoms with Gasteiger partial charge in [0.1, 0.15) is 0 Å². The van der Waals surface area contributed by atoms with E-state index in [1.165, 1.54) is 57.8 Å². The van der Waals surface area contributed by atoms with Gasteiger partial charge < -0.3 is 10.0 Å². The van der Waals surface area contributed by atoms with E-state index in [1.807, 2.05) is 0 Å². The van der Waals surface area contributed by atoms with Crippen LogP contribution in [0, 0.1) is 11.8 Å². The Morgan fingerprint density at radius 3 is 2.27 bits per heavy atom. The van der Waals surface area contributed by atoms with Gasteiger partial charge in [0.15, 0.2) is 0 Å². The van der Waals surface area contributed by atoms with Crippen molar-refractivity contribution in [3.05, 3.63) is 23.4 Å². The van der Waals surface area contributed by atoms with Gasteiger partial charge in [-0.3, -0.25) is 14.5 Å². The number of carbonyl (C=O) groups excluding carboxylic acids is 1. The van der Waals surface area contributed by atoms with Gasteiger partial charge in [0.25, 0.3) is 0 Å². The Morgan fingerprint density at radius 2 is 1.64 bits per heavy atom. The molecular weight excluding hydrogens is 412 g/mol. The van der Waals surface area contributed by atoms with E-state index >= 15 is 0 Å². The van der Waals surface area contributed by atoms with Gasteiger partial charge in [-0.05, 0) is 81.6 Å². The number of carbonyl (C=O) groups is 2. The van der Waals surface area contributed by atoms with Gasteiger partial charge in [-0.25, -0.2) is 0 Å². The molecule has 1 amide bonds. The summed E-state index contributed by atoms with van der Waals surface area (Å²) >= 11 is 0. The van der Waals surface area contributed by atoms with Gasteiger partial charge in [-0.15, -0.1) is 0 Å². The quantitative estimate of drug-likeness (QED) is 0.563. The molecule has 4 unspecified atom stereocenters. The molecule has 0 aromatic heterocycles. The van der Waals surface area contributed by atoms with Crippen molar-refractivity contribution in [2.75, 3.05) is 0 Å². The minimum atomic E-state index is -0.768. The summed E-state index contributed by atoms with van der Waals surface area (Å²) in [5.41, 5.74) is 2.17. The first kappa shape index (κ1) is 23.1. The highest BCUT2D eigenvalue weighted by atomic mass is 16.4. The fourth-order valence-electron chi connectivity index (χ4n) is 8.25. The second kappa shape index (κ2) is 9.93. The SMILES string of the molecule is CC(=O)N(C1=C(CCC(=O)O)C=CCC1)C1CC2CCCC(C1)N2C1CC2CCCC(C2)C1. The van der Waals surface area contributed by atoms with Gasteiger partial charge >= 0.3 is 5.97 Å². The first-order valence-electron chi connectivity index (χ1n) is 13.7. The molecule has 4 bridgehead atoms. The van der Waals surface area contributed by atoms with Crippen molar-refractivity contribution in [3.63, 3.8) is 0 Å². The zero-order valence-corrected chi connectivity index (χ0v) is 20.4. The van der Waals surface area contributed by atoms with Crippen molar-refractivity contribution in [3.8, 4) is 0 Å². The van der Waals surface area contributed by atoms with Crippen LogP contribution in [0.3, 0.4) is 0 Å². The number of hydrogen-bond acceptors (Lipinski definition) is 3. The summed E-state index contributed by atoms with van der Waals surface area (Å²) in [6.45, 7) is 1.71. The van der Waals surface area contributed by atoms with E-state index in [9.17, 15) is 14.7 Å². The predicted octanol–water partition coefficient (Wildman–Crippen LogP) is 5.66. The largest absolute Gasteiger partial charge is 0.481 e. The number of nitrogens with zero attached hydrogens (tertiary/aromatic N) is 2. The molecule has 5 aliphatic rings. The van der Waals surface area contributed by atoms with Crippen LogP contribution in [0.5, 0.6) is 0 Å². The lowest BCUT2D eigenvalue weighted by molar-refractivity contribution is -0.137. The van der Waals surface area contributed by atoms with Crippen LogP contribution in [-0.2, 0) is 9.59 Å². The molecule has 4 atom stereocenters. The zero-order chi connectivity index (χ0) is 22.9. The molecule has 2 saturated carbocycles. The molecule has 0 aromatic carbocycles. The lowest BCUT2D eigenvalue weighted by atomic mass is 9.68. The van der Waals surface area contributed by atoms with Crippen LogP contribution >= 0.6 is 0 Å². The van der Waals surface area contributed by atoms with E-state index in [4.69, 9.17) is 0 Å². The molecule has 182 valence electrons. The monoisotopic (exact) mass is 454 g/mol. The first-order valence-corrected chi connectivity index (χ1v) is 13.7. The smallest absolute Gasteiger partial charge is 0.303 e. The highest BCUT2D eigenvalue weighted by Gasteiger charge is 2.46. The van der Waals surface area contributed by atoms with E-state index < -0.39 is 5.97 Å². The molecule has 1 N–H and O–H groups in total. The molecule has 0 aromatic rings. The Morgan fingerprint density at radius 1 is 0.970 bits per heavy atom. The maximum atomic E-state index is 13.0. The number of allylic oxidation sites excluding steroid dienone is 4. The van der Waals surface area contributed by atoms with Crippen LogP contribution in [0.15, 0.2) is 23.4 Å². The zero-order valence-electron chi connectivity index (χ0n) is 20.4. The van der Waals surface area contributed by atoms with Crippen molar-refractivity contribution in [1.29, 1.82) is 0 Å². The molecule has 3 aliphatic carbocycles. The number of hydrogen-bond donors (Lipinski definition) is 1. The van der Waals surface area contributed by atoms with Crippen LogP contribution in [0.25, 0.3) is 0 Å². The Balaban J connectivity index is 1.36. The van der Waals surface area contributed by atoms with Crippen LogP contribution in [0.2, 0.25) is 0 Å². The third-order valence-corrected chi connectivity index (χ3v) is 9.37. The molecule has 5 heteroatoms. The molecule has 2 heterocycles. The summed E-state index contributed by atoms with van der Waals surface area (Å²) in [7, 11) is 0. The van der Waals surface area contributed by atoms with Gasteiger partial charge in [-0.1, -0.05) is 37.8 Å². The molecule has 0 spiro atoms.